The molecule has 0 aliphatic heterocycles. The fraction of sp³-hybridized carbons (Fsp3) is 0.161. The summed E-state index contributed by atoms with van der Waals surface area (Å²) in [6, 6.07) is 36.3. The van der Waals surface area contributed by atoms with Crippen LogP contribution < -0.4 is 9.47 Å². The average molecular weight is 480 g/mol. The van der Waals surface area contributed by atoms with Gasteiger partial charge in [-0.15, -0.1) is 11.8 Å². The summed E-state index contributed by atoms with van der Waals surface area (Å²) in [6.07, 6.45) is 2.18. The van der Waals surface area contributed by atoms with E-state index in [9.17, 15) is 0 Å². The summed E-state index contributed by atoms with van der Waals surface area (Å²) in [5, 5.41) is 1.45. The molecule has 3 nitrogen and oxygen atoms in total. The molecule has 1 heterocycles. The number of aromatic nitrogens is 1. The first-order chi connectivity index (χ1) is 17.3. The number of nitrogens with one attached hydrogen (secondary N) is 1. The van der Waals surface area contributed by atoms with E-state index < -0.39 is 0 Å². The maximum absolute atomic E-state index is 5.46. The molecule has 1 aromatic heterocycles. The molecular formula is C31H29NO2S. The SMILES string of the molecule is COc1ccc(C(SCc2ccccc2)C(c2ccc(OC)cc2)c2c[nH]c3ccccc23)cc1. The Morgan fingerprint density at radius 3 is 1.94 bits per heavy atom. The van der Waals surface area contributed by atoms with Gasteiger partial charge in [0.2, 0.25) is 0 Å². The van der Waals surface area contributed by atoms with E-state index in [0.29, 0.717) is 0 Å². The Labute approximate surface area is 211 Å². The summed E-state index contributed by atoms with van der Waals surface area (Å²) in [6.45, 7) is 0. The van der Waals surface area contributed by atoms with Crippen molar-refractivity contribution in [3.63, 3.8) is 0 Å². The van der Waals surface area contributed by atoms with Gasteiger partial charge in [0.25, 0.3) is 0 Å². The number of thioether (sulfide) groups is 1. The molecule has 0 amide bonds. The first-order valence-corrected chi connectivity index (χ1v) is 12.8. The second-order valence-electron chi connectivity index (χ2n) is 8.53. The van der Waals surface area contributed by atoms with Gasteiger partial charge in [0, 0.05) is 34.0 Å². The molecule has 0 saturated heterocycles. The van der Waals surface area contributed by atoms with Crippen molar-refractivity contribution in [1.29, 1.82) is 0 Å². The first kappa shape index (κ1) is 23.1. The van der Waals surface area contributed by atoms with Crippen LogP contribution in [0.2, 0.25) is 0 Å². The van der Waals surface area contributed by atoms with Crippen LogP contribution in [0.25, 0.3) is 10.9 Å². The van der Waals surface area contributed by atoms with E-state index in [4.69, 9.17) is 9.47 Å². The molecule has 0 aliphatic rings. The smallest absolute Gasteiger partial charge is 0.118 e. The Balaban J connectivity index is 1.63. The lowest BCUT2D eigenvalue weighted by Gasteiger charge is -2.28. The summed E-state index contributed by atoms with van der Waals surface area (Å²) < 4.78 is 10.9. The van der Waals surface area contributed by atoms with Crippen LogP contribution in [0.15, 0.2) is 109 Å². The summed E-state index contributed by atoms with van der Waals surface area (Å²) in [7, 11) is 3.42. The Morgan fingerprint density at radius 2 is 1.29 bits per heavy atom. The Bertz CT molecular complexity index is 1360. The maximum atomic E-state index is 5.46. The molecule has 2 unspecified atom stereocenters. The van der Waals surface area contributed by atoms with Crippen LogP contribution in [0.5, 0.6) is 11.5 Å². The molecule has 0 aliphatic carbocycles. The van der Waals surface area contributed by atoms with Crippen LogP contribution in [0.3, 0.4) is 0 Å². The standard InChI is InChI=1S/C31H29NO2S/c1-33-25-16-12-23(13-17-25)30(28-20-32-29-11-7-6-10-27(28)29)31(24-14-18-26(34-2)19-15-24)35-21-22-8-4-3-5-9-22/h3-20,30-32H,21H2,1-2H3. The second kappa shape index (κ2) is 10.7. The molecule has 0 radical (unpaired) electrons. The highest BCUT2D eigenvalue weighted by atomic mass is 32.2. The maximum Gasteiger partial charge on any atom is 0.118 e. The van der Waals surface area contributed by atoms with Crippen LogP contribution in [0.1, 0.15) is 33.4 Å². The molecule has 1 N–H and O–H groups in total. The Hall–Kier alpha value is -3.63. The van der Waals surface area contributed by atoms with E-state index in [1.807, 2.05) is 11.8 Å². The molecule has 0 fully saturated rings. The van der Waals surface area contributed by atoms with Gasteiger partial charge in [-0.3, -0.25) is 0 Å². The molecule has 2 atom stereocenters. The Morgan fingerprint density at radius 1 is 0.686 bits per heavy atom. The van der Waals surface area contributed by atoms with E-state index in [1.54, 1.807) is 14.2 Å². The van der Waals surface area contributed by atoms with Gasteiger partial charge in [-0.2, -0.15) is 0 Å². The van der Waals surface area contributed by atoms with Crippen molar-refractivity contribution < 1.29 is 9.47 Å². The lowest BCUT2D eigenvalue weighted by Crippen LogP contribution is -2.11. The number of aromatic amines is 1. The zero-order valence-electron chi connectivity index (χ0n) is 20.0. The van der Waals surface area contributed by atoms with E-state index >= 15 is 0 Å². The zero-order valence-corrected chi connectivity index (χ0v) is 20.8. The summed E-state index contributed by atoms with van der Waals surface area (Å²) >= 11 is 1.97. The van der Waals surface area contributed by atoms with Gasteiger partial charge in [-0.25, -0.2) is 0 Å². The van der Waals surface area contributed by atoms with Crippen molar-refractivity contribution in [3.8, 4) is 11.5 Å². The van der Waals surface area contributed by atoms with Gasteiger partial charge in [0.15, 0.2) is 0 Å². The van der Waals surface area contributed by atoms with Crippen molar-refractivity contribution in [2.24, 2.45) is 0 Å². The highest BCUT2D eigenvalue weighted by molar-refractivity contribution is 7.98. The topological polar surface area (TPSA) is 34.2 Å². The van der Waals surface area contributed by atoms with E-state index in [2.05, 4.69) is 114 Å². The predicted molar refractivity (Wildman–Crippen MR) is 147 cm³/mol. The van der Waals surface area contributed by atoms with Gasteiger partial charge in [0.05, 0.1) is 14.2 Å². The van der Waals surface area contributed by atoms with Crippen molar-refractivity contribution >= 4 is 22.7 Å². The number of methoxy groups -OCH3 is 2. The van der Waals surface area contributed by atoms with Crippen LogP contribution in [0, 0.1) is 0 Å². The quantitative estimate of drug-likeness (QED) is 0.233. The van der Waals surface area contributed by atoms with Crippen molar-refractivity contribution in [1.82, 2.24) is 4.98 Å². The van der Waals surface area contributed by atoms with Crippen LogP contribution >= 0.6 is 11.8 Å². The van der Waals surface area contributed by atoms with Crippen LogP contribution in [0.4, 0.5) is 0 Å². The molecule has 5 aromatic rings. The number of rotatable bonds is 9. The number of hydrogen-bond acceptors (Lipinski definition) is 3. The molecule has 0 bridgehead atoms. The average Bonchev–Trinajstić information content (AvgIpc) is 3.35. The molecule has 4 aromatic carbocycles. The third-order valence-electron chi connectivity index (χ3n) is 6.45. The highest BCUT2D eigenvalue weighted by Gasteiger charge is 2.29. The third-order valence-corrected chi connectivity index (χ3v) is 7.85. The number of para-hydroxylation sites is 1. The molecule has 176 valence electrons. The van der Waals surface area contributed by atoms with Gasteiger partial charge in [0.1, 0.15) is 11.5 Å². The molecule has 0 saturated carbocycles. The third kappa shape index (κ3) is 5.08. The highest BCUT2D eigenvalue weighted by Crippen LogP contribution is 2.48. The van der Waals surface area contributed by atoms with Crippen LogP contribution in [-0.4, -0.2) is 19.2 Å². The first-order valence-electron chi connectivity index (χ1n) is 11.8. The van der Waals surface area contributed by atoms with Crippen molar-refractivity contribution in [2.75, 3.05) is 14.2 Å². The number of hydrogen-bond donors (Lipinski definition) is 1. The normalized spacial score (nSPS) is 12.9. The molecular weight excluding hydrogens is 450 g/mol. The van der Waals surface area contributed by atoms with Crippen LogP contribution in [-0.2, 0) is 5.75 Å². The van der Waals surface area contributed by atoms with Gasteiger partial charge >= 0.3 is 0 Å². The lowest BCUT2D eigenvalue weighted by molar-refractivity contribution is 0.414. The Kier molecular flexibility index (Phi) is 7.10. The summed E-state index contributed by atoms with van der Waals surface area (Å²) in [5.41, 5.74) is 6.31. The molecule has 5 rings (SSSR count). The largest absolute Gasteiger partial charge is 0.497 e. The van der Waals surface area contributed by atoms with Gasteiger partial charge in [-0.05, 0) is 52.6 Å². The number of fused-ring (bicyclic) bond motifs is 1. The van der Waals surface area contributed by atoms with Gasteiger partial charge in [-0.1, -0.05) is 72.8 Å². The minimum Gasteiger partial charge on any atom is -0.497 e. The predicted octanol–water partition coefficient (Wildman–Crippen LogP) is 7.99. The van der Waals surface area contributed by atoms with Crippen molar-refractivity contribution in [2.45, 2.75) is 16.9 Å². The molecule has 0 spiro atoms. The fourth-order valence-corrected chi connectivity index (χ4v) is 6.03. The number of H-pyrrole nitrogens is 1. The fourth-order valence-electron chi connectivity index (χ4n) is 4.62. The number of benzene rings is 4. The minimum absolute atomic E-state index is 0.138. The van der Waals surface area contributed by atoms with E-state index in [-0.39, 0.29) is 11.2 Å². The lowest BCUT2D eigenvalue weighted by atomic mass is 9.85. The summed E-state index contributed by atoms with van der Waals surface area (Å²) in [4.78, 5) is 3.51. The van der Waals surface area contributed by atoms with E-state index in [1.165, 1.54) is 27.6 Å². The number of ether oxygens (including phenoxy) is 2. The molecule has 35 heavy (non-hydrogen) atoms. The van der Waals surface area contributed by atoms with E-state index in [0.717, 1.165) is 22.8 Å². The van der Waals surface area contributed by atoms with Crippen molar-refractivity contribution in [3.05, 3.63) is 132 Å². The molecule has 4 heteroatoms. The monoisotopic (exact) mass is 479 g/mol. The summed E-state index contributed by atoms with van der Waals surface area (Å²) in [5.74, 6) is 2.80. The zero-order chi connectivity index (χ0) is 24.0. The second-order valence-corrected chi connectivity index (χ2v) is 9.66. The minimum atomic E-state index is 0.138. The van der Waals surface area contributed by atoms with Gasteiger partial charge < -0.3 is 14.5 Å².